The first kappa shape index (κ1) is 12.5. The first-order valence-corrected chi connectivity index (χ1v) is 6.08. The summed E-state index contributed by atoms with van der Waals surface area (Å²) in [6.45, 7) is 1.19. The maximum Gasteiger partial charge on any atom is 0.233 e. The molecule has 0 radical (unpaired) electrons. The molecule has 0 saturated heterocycles. The van der Waals surface area contributed by atoms with Crippen LogP contribution in [0.15, 0.2) is 42.5 Å². The van der Waals surface area contributed by atoms with E-state index < -0.39 is 0 Å². The van der Waals surface area contributed by atoms with E-state index in [1.54, 1.807) is 0 Å². The monoisotopic (exact) mass is 243 g/mol. The van der Waals surface area contributed by atoms with Gasteiger partial charge in [0.1, 0.15) is 6.61 Å². The van der Waals surface area contributed by atoms with Gasteiger partial charge in [0.2, 0.25) is 5.88 Å². The molecule has 1 aromatic carbocycles. The predicted molar refractivity (Wildman–Crippen MR) is 70.2 cm³/mol. The van der Waals surface area contributed by atoms with Crippen LogP contribution in [0.3, 0.4) is 0 Å². The van der Waals surface area contributed by atoms with Crippen molar-refractivity contribution in [3.63, 3.8) is 0 Å². The number of benzene rings is 1. The summed E-state index contributed by atoms with van der Waals surface area (Å²) in [5, 5.41) is 8.13. The fraction of sp³-hybridized carbons (Fsp3) is 0.286. The normalized spacial score (nSPS) is 10.3. The molecular weight excluding hydrogens is 226 g/mol. The predicted octanol–water partition coefficient (Wildman–Crippen LogP) is 1.95. The molecule has 0 fully saturated rings. The summed E-state index contributed by atoms with van der Waals surface area (Å²) in [7, 11) is 0. The highest BCUT2D eigenvalue weighted by molar-refractivity contribution is 5.16. The topological polar surface area (TPSA) is 61.0 Å². The van der Waals surface area contributed by atoms with Crippen molar-refractivity contribution in [2.45, 2.75) is 19.4 Å². The van der Waals surface area contributed by atoms with E-state index in [1.807, 2.05) is 42.5 Å². The Kier molecular flexibility index (Phi) is 4.67. The standard InChI is InChI=1S/C14H17N3O/c15-10-4-7-13-8-9-14(17-16-13)18-11-12-5-2-1-3-6-12/h1-3,5-6,8-9H,4,7,10-11,15H2. The lowest BCUT2D eigenvalue weighted by atomic mass is 10.2. The van der Waals surface area contributed by atoms with Crippen molar-refractivity contribution in [2.24, 2.45) is 5.73 Å². The highest BCUT2D eigenvalue weighted by atomic mass is 16.5. The van der Waals surface area contributed by atoms with Crippen LogP contribution in [0, 0.1) is 0 Å². The largest absolute Gasteiger partial charge is 0.472 e. The van der Waals surface area contributed by atoms with Crippen molar-refractivity contribution < 1.29 is 4.74 Å². The van der Waals surface area contributed by atoms with Gasteiger partial charge in [-0.25, -0.2) is 0 Å². The third-order valence-corrected chi connectivity index (χ3v) is 2.56. The fourth-order valence-electron chi connectivity index (χ4n) is 1.57. The summed E-state index contributed by atoms with van der Waals surface area (Å²) in [6, 6.07) is 13.8. The molecule has 1 aromatic heterocycles. The molecule has 1 heterocycles. The SMILES string of the molecule is NCCCc1ccc(OCc2ccccc2)nn1. The van der Waals surface area contributed by atoms with Gasteiger partial charge in [-0.2, -0.15) is 5.10 Å². The molecule has 0 spiro atoms. The first-order chi connectivity index (χ1) is 8.88. The van der Waals surface area contributed by atoms with Gasteiger partial charge in [0.15, 0.2) is 0 Å². The summed E-state index contributed by atoms with van der Waals surface area (Å²) >= 11 is 0. The number of hydrogen-bond acceptors (Lipinski definition) is 4. The Morgan fingerprint density at radius 1 is 1.00 bits per heavy atom. The second-order valence-electron chi connectivity index (χ2n) is 4.03. The molecule has 4 heteroatoms. The summed E-state index contributed by atoms with van der Waals surface area (Å²) < 4.78 is 5.55. The fourth-order valence-corrected chi connectivity index (χ4v) is 1.57. The van der Waals surface area contributed by atoms with Gasteiger partial charge in [0, 0.05) is 6.07 Å². The van der Waals surface area contributed by atoms with Crippen LogP contribution in [0.1, 0.15) is 17.7 Å². The molecule has 0 aliphatic rings. The molecule has 0 aliphatic heterocycles. The van der Waals surface area contributed by atoms with Gasteiger partial charge < -0.3 is 10.5 Å². The van der Waals surface area contributed by atoms with E-state index in [1.165, 1.54) is 0 Å². The molecule has 2 rings (SSSR count). The molecule has 18 heavy (non-hydrogen) atoms. The molecule has 0 unspecified atom stereocenters. The second kappa shape index (κ2) is 6.71. The first-order valence-electron chi connectivity index (χ1n) is 6.08. The summed E-state index contributed by atoms with van der Waals surface area (Å²) in [6.07, 6.45) is 1.79. The Morgan fingerprint density at radius 2 is 1.83 bits per heavy atom. The van der Waals surface area contributed by atoms with Crippen LogP contribution in [0.4, 0.5) is 0 Å². The number of rotatable bonds is 6. The Hall–Kier alpha value is -1.94. The Morgan fingerprint density at radius 3 is 2.50 bits per heavy atom. The number of ether oxygens (including phenoxy) is 1. The van der Waals surface area contributed by atoms with Crippen molar-refractivity contribution in [3.8, 4) is 5.88 Å². The van der Waals surface area contributed by atoms with Gasteiger partial charge in [0.05, 0.1) is 5.69 Å². The van der Waals surface area contributed by atoms with Gasteiger partial charge >= 0.3 is 0 Å². The van der Waals surface area contributed by atoms with E-state index in [2.05, 4.69) is 10.2 Å². The zero-order chi connectivity index (χ0) is 12.6. The lowest BCUT2D eigenvalue weighted by molar-refractivity contribution is 0.290. The second-order valence-corrected chi connectivity index (χ2v) is 4.03. The molecule has 0 bridgehead atoms. The van der Waals surface area contributed by atoms with E-state index >= 15 is 0 Å². The van der Waals surface area contributed by atoms with E-state index in [4.69, 9.17) is 10.5 Å². The van der Waals surface area contributed by atoms with E-state index in [0.717, 1.165) is 24.1 Å². The van der Waals surface area contributed by atoms with Crippen LogP contribution in [0.2, 0.25) is 0 Å². The number of aromatic nitrogens is 2. The maximum absolute atomic E-state index is 5.55. The average Bonchev–Trinajstić information content (AvgIpc) is 2.45. The molecule has 94 valence electrons. The Balaban J connectivity index is 1.86. The van der Waals surface area contributed by atoms with Crippen LogP contribution < -0.4 is 10.5 Å². The highest BCUT2D eigenvalue weighted by Crippen LogP contribution is 2.09. The summed E-state index contributed by atoms with van der Waals surface area (Å²) in [4.78, 5) is 0. The van der Waals surface area contributed by atoms with Gasteiger partial charge in [0.25, 0.3) is 0 Å². The third kappa shape index (κ3) is 3.82. The summed E-state index contributed by atoms with van der Waals surface area (Å²) in [5.74, 6) is 0.551. The lowest BCUT2D eigenvalue weighted by Gasteiger charge is -2.05. The van der Waals surface area contributed by atoms with Crippen LogP contribution in [0.25, 0.3) is 0 Å². The molecule has 0 amide bonds. The minimum atomic E-state index is 0.512. The molecule has 0 saturated carbocycles. The van der Waals surface area contributed by atoms with Crippen LogP contribution >= 0.6 is 0 Å². The van der Waals surface area contributed by atoms with E-state index in [-0.39, 0.29) is 0 Å². The molecule has 0 aliphatic carbocycles. The van der Waals surface area contributed by atoms with Crippen LogP contribution in [-0.2, 0) is 13.0 Å². The van der Waals surface area contributed by atoms with Gasteiger partial charge in [-0.3, -0.25) is 0 Å². The van der Waals surface area contributed by atoms with Crippen molar-refractivity contribution in [2.75, 3.05) is 6.54 Å². The lowest BCUT2D eigenvalue weighted by Crippen LogP contribution is -2.03. The van der Waals surface area contributed by atoms with Gasteiger partial charge in [-0.05, 0) is 31.0 Å². The number of nitrogens with two attached hydrogens (primary N) is 1. The molecule has 2 aromatic rings. The molecular formula is C14H17N3O. The quantitative estimate of drug-likeness (QED) is 0.842. The number of nitrogens with zero attached hydrogens (tertiary/aromatic N) is 2. The summed E-state index contributed by atoms with van der Waals surface area (Å²) in [5.41, 5.74) is 7.51. The zero-order valence-electron chi connectivity index (χ0n) is 10.2. The van der Waals surface area contributed by atoms with Crippen molar-refractivity contribution in [3.05, 3.63) is 53.7 Å². The minimum Gasteiger partial charge on any atom is -0.472 e. The molecule has 4 nitrogen and oxygen atoms in total. The van der Waals surface area contributed by atoms with E-state index in [0.29, 0.717) is 19.0 Å². The van der Waals surface area contributed by atoms with Crippen LogP contribution in [0.5, 0.6) is 5.88 Å². The molecule has 0 atom stereocenters. The number of aryl methyl sites for hydroxylation is 1. The zero-order valence-corrected chi connectivity index (χ0v) is 10.2. The maximum atomic E-state index is 5.55. The van der Waals surface area contributed by atoms with Crippen molar-refractivity contribution in [1.29, 1.82) is 0 Å². The third-order valence-electron chi connectivity index (χ3n) is 2.56. The minimum absolute atomic E-state index is 0.512. The Labute approximate surface area is 107 Å². The smallest absolute Gasteiger partial charge is 0.233 e. The van der Waals surface area contributed by atoms with Crippen LogP contribution in [-0.4, -0.2) is 16.7 Å². The van der Waals surface area contributed by atoms with Gasteiger partial charge in [-0.15, -0.1) is 5.10 Å². The van der Waals surface area contributed by atoms with Crippen molar-refractivity contribution in [1.82, 2.24) is 10.2 Å². The molecule has 2 N–H and O–H groups in total. The number of hydrogen-bond donors (Lipinski definition) is 1. The average molecular weight is 243 g/mol. The Bertz CT molecular complexity index is 456. The van der Waals surface area contributed by atoms with E-state index in [9.17, 15) is 0 Å². The highest BCUT2D eigenvalue weighted by Gasteiger charge is 1.99. The van der Waals surface area contributed by atoms with Gasteiger partial charge in [-0.1, -0.05) is 30.3 Å². The van der Waals surface area contributed by atoms with Crippen molar-refractivity contribution >= 4 is 0 Å².